The molecule has 1 amide bonds. The van der Waals surface area contributed by atoms with Gasteiger partial charge in [-0.15, -0.1) is 0 Å². The van der Waals surface area contributed by atoms with Crippen molar-refractivity contribution in [2.45, 2.75) is 37.0 Å². The van der Waals surface area contributed by atoms with Gasteiger partial charge in [-0.25, -0.2) is 8.42 Å². The van der Waals surface area contributed by atoms with Crippen LogP contribution in [0.3, 0.4) is 0 Å². The van der Waals surface area contributed by atoms with Gasteiger partial charge in [-0.3, -0.25) is 4.79 Å². The molecule has 1 saturated heterocycles. The number of hydrogen-bond acceptors (Lipinski definition) is 6. The number of ether oxygens (including phenoxy) is 3. The second-order valence-corrected chi connectivity index (χ2v) is 11.0. The van der Waals surface area contributed by atoms with Crippen LogP contribution in [-0.4, -0.2) is 52.2 Å². The molecule has 178 valence electrons. The molecule has 2 aromatic carbocycles. The zero-order valence-corrected chi connectivity index (χ0v) is 20.0. The first kappa shape index (κ1) is 23.4. The van der Waals surface area contributed by atoms with Crippen LogP contribution in [0.15, 0.2) is 47.4 Å². The summed E-state index contributed by atoms with van der Waals surface area (Å²) in [6, 6.07) is 12.2. The minimum atomic E-state index is -3.59. The number of nitrogens with zero attached hydrogens (tertiary/aromatic N) is 1. The zero-order valence-electron chi connectivity index (χ0n) is 19.2. The maximum absolute atomic E-state index is 12.9. The topological polar surface area (TPSA) is 94.2 Å². The monoisotopic (exact) mass is 474 g/mol. The third-order valence-electron chi connectivity index (χ3n) is 6.38. The largest absolute Gasteiger partial charge is 0.497 e. The third kappa shape index (κ3) is 4.94. The fourth-order valence-corrected chi connectivity index (χ4v) is 5.60. The van der Waals surface area contributed by atoms with Crippen molar-refractivity contribution >= 4 is 15.9 Å². The maximum atomic E-state index is 12.9. The Morgan fingerprint density at radius 1 is 1.09 bits per heavy atom. The van der Waals surface area contributed by atoms with Crippen molar-refractivity contribution in [1.29, 1.82) is 0 Å². The van der Waals surface area contributed by atoms with Crippen molar-refractivity contribution < 1.29 is 27.4 Å². The van der Waals surface area contributed by atoms with Crippen LogP contribution in [0.4, 0.5) is 0 Å². The minimum absolute atomic E-state index is 0.0367. The standard InChI is InChI=1S/C24H30N2O6S/c1-24(2,18-4-9-21-22(14-18)32-16-31-21)15-25-23(27)17-10-12-26(13-11-17)33(28,29)20-7-5-19(30-3)6-8-20/h4-9,14,17H,10-13,15-16H2,1-3H3,(H,25,27). The van der Waals surface area contributed by atoms with Crippen molar-refractivity contribution in [3.05, 3.63) is 48.0 Å². The molecule has 0 aromatic heterocycles. The van der Waals surface area contributed by atoms with Gasteiger partial charge in [-0.2, -0.15) is 4.31 Å². The molecule has 0 unspecified atom stereocenters. The highest BCUT2D eigenvalue weighted by molar-refractivity contribution is 7.89. The molecule has 1 N–H and O–H groups in total. The van der Waals surface area contributed by atoms with E-state index in [1.165, 1.54) is 11.4 Å². The van der Waals surface area contributed by atoms with Crippen LogP contribution < -0.4 is 19.5 Å². The number of piperidine rings is 1. The third-order valence-corrected chi connectivity index (χ3v) is 8.29. The summed E-state index contributed by atoms with van der Waals surface area (Å²) in [4.78, 5) is 13.1. The average Bonchev–Trinajstić information content (AvgIpc) is 3.31. The highest BCUT2D eigenvalue weighted by Gasteiger charge is 2.33. The van der Waals surface area contributed by atoms with Gasteiger partial charge in [0.15, 0.2) is 11.5 Å². The molecule has 1 fully saturated rings. The van der Waals surface area contributed by atoms with Gasteiger partial charge in [-0.1, -0.05) is 19.9 Å². The van der Waals surface area contributed by atoms with E-state index in [0.717, 1.165) is 17.1 Å². The van der Waals surface area contributed by atoms with E-state index < -0.39 is 10.0 Å². The molecular weight excluding hydrogens is 444 g/mol. The fraction of sp³-hybridized carbons (Fsp3) is 0.458. The molecule has 2 aliphatic heterocycles. The van der Waals surface area contributed by atoms with E-state index in [4.69, 9.17) is 14.2 Å². The van der Waals surface area contributed by atoms with Crippen LogP contribution in [0.5, 0.6) is 17.2 Å². The summed E-state index contributed by atoms with van der Waals surface area (Å²) >= 11 is 0. The Hall–Kier alpha value is -2.78. The smallest absolute Gasteiger partial charge is 0.243 e. The van der Waals surface area contributed by atoms with E-state index in [1.54, 1.807) is 24.3 Å². The first-order chi connectivity index (χ1) is 15.7. The van der Waals surface area contributed by atoms with Crippen molar-refractivity contribution in [3.8, 4) is 17.2 Å². The summed E-state index contributed by atoms with van der Waals surface area (Å²) in [5.41, 5.74) is 0.752. The molecule has 0 bridgehead atoms. The summed E-state index contributed by atoms with van der Waals surface area (Å²) in [6.45, 7) is 5.46. The number of nitrogens with one attached hydrogen (secondary N) is 1. The van der Waals surface area contributed by atoms with Crippen LogP contribution in [0.2, 0.25) is 0 Å². The summed E-state index contributed by atoms with van der Waals surface area (Å²) in [7, 11) is -2.05. The predicted molar refractivity (Wildman–Crippen MR) is 123 cm³/mol. The van der Waals surface area contributed by atoms with E-state index >= 15 is 0 Å². The van der Waals surface area contributed by atoms with Gasteiger partial charge >= 0.3 is 0 Å². The molecule has 2 aromatic rings. The lowest BCUT2D eigenvalue weighted by molar-refractivity contribution is -0.126. The van der Waals surface area contributed by atoms with Crippen molar-refractivity contribution in [2.24, 2.45) is 5.92 Å². The van der Waals surface area contributed by atoms with Crippen LogP contribution >= 0.6 is 0 Å². The number of hydrogen-bond donors (Lipinski definition) is 1. The van der Waals surface area contributed by atoms with Crippen molar-refractivity contribution in [1.82, 2.24) is 9.62 Å². The normalized spacial score (nSPS) is 17.1. The fourth-order valence-electron chi connectivity index (χ4n) is 4.13. The molecule has 33 heavy (non-hydrogen) atoms. The molecule has 8 nitrogen and oxygen atoms in total. The van der Waals surface area contributed by atoms with E-state index in [-0.39, 0.29) is 28.9 Å². The van der Waals surface area contributed by atoms with Gasteiger partial charge in [0.2, 0.25) is 22.7 Å². The van der Waals surface area contributed by atoms with Gasteiger partial charge < -0.3 is 19.5 Å². The number of fused-ring (bicyclic) bond motifs is 1. The Labute approximate surface area is 194 Å². The second-order valence-electron chi connectivity index (χ2n) is 9.02. The lowest BCUT2D eigenvalue weighted by atomic mass is 9.84. The van der Waals surface area contributed by atoms with Gasteiger partial charge in [-0.05, 0) is 54.8 Å². The van der Waals surface area contributed by atoms with Gasteiger partial charge in [0.05, 0.1) is 12.0 Å². The quantitative estimate of drug-likeness (QED) is 0.663. The molecule has 4 rings (SSSR count). The lowest BCUT2D eigenvalue weighted by Crippen LogP contribution is -2.45. The number of carbonyl (C=O) groups excluding carboxylic acids is 1. The van der Waals surface area contributed by atoms with Gasteiger partial charge in [0, 0.05) is 31.0 Å². The maximum Gasteiger partial charge on any atom is 0.243 e. The molecule has 0 aliphatic carbocycles. The average molecular weight is 475 g/mol. The second kappa shape index (κ2) is 9.23. The van der Waals surface area contributed by atoms with E-state index in [2.05, 4.69) is 19.2 Å². The highest BCUT2D eigenvalue weighted by Crippen LogP contribution is 2.36. The van der Waals surface area contributed by atoms with Crippen molar-refractivity contribution in [3.63, 3.8) is 0 Å². The molecule has 2 heterocycles. The SMILES string of the molecule is COc1ccc(S(=O)(=O)N2CCC(C(=O)NCC(C)(C)c3ccc4c(c3)OCO4)CC2)cc1. The number of amides is 1. The van der Waals surface area contributed by atoms with E-state index in [9.17, 15) is 13.2 Å². The molecule has 0 radical (unpaired) electrons. The molecule has 0 atom stereocenters. The first-order valence-corrected chi connectivity index (χ1v) is 12.5. The number of rotatable bonds is 7. The Kier molecular flexibility index (Phi) is 6.54. The number of methoxy groups -OCH3 is 1. The summed E-state index contributed by atoms with van der Waals surface area (Å²) < 4.78 is 43.2. The molecular formula is C24H30N2O6S. The van der Waals surface area contributed by atoms with Crippen LogP contribution in [-0.2, 0) is 20.2 Å². The molecule has 0 spiro atoms. The minimum Gasteiger partial charge on any atom is -0.497 e. The first-order valence-electron chi connectivity index (χ1n) is 11.0. The van der Waals surface area contributed by atoms with Crippen LogP contribution in [0.25, 0.3) is 0 Å². The van der Waals surface area contributed by atoms with E-state index in [0.29, 0.717) is 38.2 Å². The van der Waals surface area contributed by atoms with Crippen LogP contribution in [0, 0.1) is 5.92 Å². The van der Waals surface area contributed by atoms with Crippen LogP contribution in [0.1, 0.15) is 32.3 Å². The zero-order chi connectivity index (χ0) is 23.6. The lowest BCUT2D eigenvalue weighted by Gasteiger charge is -2.32. The Bertz CT molecular complexity index is 1110. The summed E-state index contributed by atoms with van der Waals surface area (Å²) in [5.74, 6) is 1.81. The Balaban J connectivity index is 1.31. The van der Waals surface area contributed by atoms with Crippen molar-refractivity contribution in [2.75, 3.05) is 33.5 Å². The van der Waals surface area contributed by atoms with E-state index in [1.807, 2.05) is 18.2 Å². The highest BCUT2D eigenvalue weighted by atomic mass is 32.2. The molecule has 2 aliphatic rings. The molecule has 0 saturated carbocycles. The van der Waals surface area contributed by atoms with Gasteiger partial charge in [0.25, 0.3) is 0 Å². The predicted octanol–water partition coefficient (Wildman–Crippen LogP) is 2.92. The molecule has 9 heteroatoms. The Morgan fingerprint density at radius 3 is 2.42 bits per heavy atom. The van der Waals surface area contributed by atoms with Gasteiger partial charge in [0.1, 0.15) is 5.75 Å². The summed E-state index contributed by atoms with van der Waals surface area (Å²) in [6.07, 6.45) is 0.983. The number of sulfonamides is 1. The summed E-state index contributed by atoms with van der Waals surface area (Å²) in [5, 5.41) is 3.06. The Morgan fingerprint density at radius 2 is 1.76 bits per heavy atom. The number of benzene rings is 2. The number of carbonyl (C=O) groups is 1.